The zero-order chi connectivity index (χ0) is 16.4. The SMILES string of the molecule is CCCCCCCC(OC=O)(c1ccccc1)c1ccccc1. The standard InChI is InChI=1S/C21H26O2/c1-2-3-4-5-12-17-21(23-18-22,19-13-8-6-9-14-19)20-15-10-7-11-16-20/h6-11,13-16,18H,2-5,12,17H2,1H3. The van der Waals surface area contributed by atoms with Gasteiger partial charge in [0.1, 0.15) is 0 Å². The Morgan fingerprint density at radius 3 is 1.83 bits per heavy atom. The van der Waals surface area contributed by atoms with E-state index in [1.807, 2.05) is 60.7 Å². The molecule has 0 atom stereocenters. The summed E-state index contributed by atoms with van der Waals surface area (Å²) in [5.41, 5.74) is 1.39. The van der Waals surface area contributed by atoms with Gasteiger partial charge in [0.2, 0.25) is 0 Å². The molecule has 0 aromatic heterocycles. The van der Waals surface area contributed by atoms with Crippen molar-refractivity contribution in [3.8, 4) is 0 Å². The fraction of sp³-hybridized carbons (Fsp3) is 0.381. The summed E-state index contributed by atoms with van der Waals surface area (Å²) in [5.74, 6) is 0. The summed E-state index contributed by atoms with van der Waals surface area (Å²) in [4.78, 5) is 11.3. The minimum atomic E-state index is -0.684. The predicted octanol–water partition coefficient (Wildman–Crippen LogP) is 5.46. The molecule has 0 aliphatic rings. The van der Waals surface area contributed by atoms with E-state index in [1.165, 1.54) is 19.3 Å². The van der Waals surface area contributed by atoms with Gasteiger partial charge in [-0.3, -0.25) is 4.79 Å². The van der Waals surface area contributed by atoms with E-state index in [0.717, 1.165) is 30.4 Å². The molecule has 122 valence electrons. The third kappa shape index (κ3) is 4.44. The van der Waals surface area contributed by atoms with Crippen molar-refractivity contribution < 1.29 is 9.53 Å². The Kier molecular flexibility index (Phi) is 6.86. The van der Waals surface area contributed by atoms with Crippen molar-refractivity contribution >= 4 is 6.47 Å². The fourth-order valence-electron chi connectivity index (χ4n) is 3.12. The minimum Gasteiger partial charge on any atom is -0.451 e. The average Bonchev–Trinajstić information content (AvgIpc) is 2.62. The van der Waals surface area contributed by atoms with E-state index in [-0.39, 0.29) is 0 Å². The quantitative estimate of drug-likeness (QED) is 0.430. The van der Waals surface area contributed by atoms with Gasteiger partial charge in [0.05, 0.1) is 0 Å². The molecule has 0 spiro atoms. The molecule has 0 radical (unpaired) electrons. The topological polar surface area (TPSA) is 26.3 Å². The number of benzene rings is 2. The number of ether oxygens (including phenoxy) is 1. The number of carbonyl (C=O) groups is 1. The number of unbranched alkanes of at least 4 members (excludes halogenated alkanes) is 4. The zero-order valence-electron chi connectivity index (χ0n) is 13.9. The molecule has 0 N–H and O–H groups in total. The van der Waals surface area contributed by atoms with E-state index in [2.05, 4.69) is 6.92 Å². The van der Waals surface area contributed by atoms with Crippen LogP contribution in [0.2, 0.25) is 0 Å². The second kappa shape index (κ2) is 9.14. The largest absolute Gasteiger partial charge is 0.451 e. The Hall–Kier alpha value is -2.09. The van der Waals surface area contributed by atoms with Crippen LogP contribution >= 0.6 is 0 Å². The molecule has 0 bridgehead atoms. The molecule has 0 unspecified atom stereocenters. The Morgan fingerprint density at radius 2 is 1.35 bits per heavy atom. The van der Waals surface area contributed by atoms with Crippen LogP contribution in [0.15, 0.2) is 60.7 Å². The van der Waals surface area contributed by atoms with Crippen LogP contribution in [0.5, 0.6) is 0 Å². The summed E-state index contributed by atoms with van der Waals surface area (Å²) in [6.45, 7) is 2.81. The molecule has 0 aliphatic heterocycles. The van der Waals surface area contributed by atoms with Gasteiger partial charge in [-0.1, -0.05) is 93.3 Å². The van der Waals surface area contributed by atoms with Gasteiger partial charge >= 0.3 is 0 Å². The van der Waals surface area contributed by atoms with E-state index in [1.54, 1.807) is 0 Å². The molecule has 0 saturated heterocycles. The first-order chi connectivity index (χ1) is 11.3. The highest BCUT2D eigenvalue weighted by Crippen LogP contribution is 2.38. The van der Waals surface area contributed by atoms with Crippen LogP contribution in [-0.4, -0.2) is 6.47 Å². The lowest BCUT2D eigenvalue weighted by atomic mass is 9.81. The van der Waals surface area contributed by atoms with Crippen molar-refractivity contribution in [3.63, 3.8) is 0 Å². The second-order valence-electron chi connectivity index (χ2n) is 5.94. The normalized spacial score (nSPS) is 11.2. The maximum Gasteiger partial charge on any atom is 0.294 e. The summed E-state index contributed by atoms with van der Waals surface area (Å²) in [5, 5.41) is 0. The van der Waals surface area contributed by atoms with Crippen molar-refractivity contribution in [1.82, 2.24) is 0 Å². The maximum atomic E-state index is 11.3. The van der Waals surface area contributed by atoms with Crippen LogP contribution in [-0.2, 0) is 15.1 Å². The van der Waals surface area contributed by atoms with Crippen LogP contribution in [0.3, 0.4) is 0 Å². The van der Waals surface area contributed by atoms with Crippen molar-refractivity contribution in [2.24, 2.45) is 0 Å². The number of rotatable bonds is 10. The van der Waals surface area contributed by atoms with Crippen LogP contribution in [0, 0.1) is 0 Å². The predicted molar refractivity (Wildman–Crippen MR) is 94.2 cm³/mol. The summed E-state index contributed by atoms with van der Waals surface area (Å²) >= 11 is 0. The second-order valence-corrected chi connectivity index (χ2v) is 5.94. The van der Waals surface area contributed by atoms with Gasteiger partial charge in [0, 0.05) is 11.1 Å². The highest BCUT2D eigenvalue weighted by Gasteiger charge is 2.35. The van der Waals surface area contributed by atoms with Crippen LogP contribution in [0.25, 0.3) is 0 Å². The smallest absolute Gasteiger partial charge is 0.294 e. The minimum absolute atomic E-state index is 0.589. The molecule has 2 nitrogen and oxygen atoms in total. The number of hydrogen-bond donors (Lipinski definition) is 0. The molecule has 0 saturated carbocycles. The van der Waals surface area contributed by atoms with Gasteiger partial charge in [-0.15, -0.1) is 0 Å². The van der Waals surface area contributed by atoms with Crippen molar-refractivity contribution in [2.75, 3.05) is 0 Å². The lowest BCUT2D eigenvalue weighted by Gasteiger charge is -2.33. The third-order valence-corrected chi connectivity index (χ3v) is 4.36. The molecule has 0 amide bonds. The van der Waals surface area contributed by atoms with E-state index in [0.29, 0.717) is 6.47 Å². The molecule has 0 heterocycles. The lowest BCUT2D eigenvalue weighted by Crippen LogP contribution is -2.31. The maximum absolute atomic E-state index is 11.3. The van der Waals surface area contributed by atoms with Crippen molar-refractivity contribution in [2.45, 2.75) is 51.0 Å². The first-order valence-corrected chi connectivity index (χ1v) is 8.56. The number of hydrogen-bond acceptors (Lipinski definition) is 2. The lowest BCUT2D eigenvalue weighted by molar-refractivity contribution is -0.141. The molecule has 0 aliphatic carbocycles. The van der Waals surface area contributed by atoms with Gasteiger partial charge in [0.25, 0.3) is 6.47 Å². The van der Waals surface area contributed by atoms with Gasteiger partial charge in [-0.25, -0.2) is 0 Å². The molecule has 2 aromatic rings. The van der Waals surface area contributed by atoms with Crippen LogP contribution < -0.4 is 0 Å². The van der Waals surface area contributed by atoms with E-state index >= 15 is 0 Å². The third-order valence-electron chi connectivity index (χ3n) is 4.36. The van der Waals surface area contributed by atoms with Gasteiger partial charge in [0.15, 0.2) is 5.60 Å². The zero-order valence-corrected chi connectivity index (χ0v) is 13.9. The summed E-state index contributed by atoms with van der Waals surface area (Å²) < 4.78 is 5.73. The van der Waals surface area contributed by atoms with Crippen molar-refractivity contribution in [1.29, 1.82) is 0 Å². The average molecular weight is 310 g/mol. The monoisotopic (exact) mass is 310 g/mol. The van der Waals surface area contributed by atoms with Gasteiger partial charge in [-0.2, -0.15) is 0 Å². The van der Waals surface area contributed by atoms with Crippen molar-refractivity contribution in [3.05, 3.63) is 71.8 Å². The highest BCUT2D eigenvalue weighted by atomic mass is 16.5. The molecule has 0 fully saturated rings. The van der Waals surface area contributed by atoms with Crippen LogP contribution in [0.1, 0.15) is 56.6 Å². The van der Waals surface area contributed by atoms with Crippen LogP contribution in [0.4, 0.5) is 0 Å². The Morgan fingerprint density at radius 1 is 0.826 bits per heavy atom. The van der Waals surface area contributed by atoms with E-state index < -0.39 is 5.60 Å². The molecular formula is C21H26O2. The molecule has 2 heteroatoms. The Labute approximate surface area is 139 Å². The molecular weight excluding hydrogens is 284 g/mol. The Bertz CT molecular complexity index is 523. The molecule has 2 rings (SSSR count). The van der Waals surface area contributed by atoms with E-state index in [4.69, 9.17) is 4.74 Å². The van der Waals surface area contributed by atoms with Gasteiger partial charge < -0.3 is 4.74 Å². The molecule has 2 aromatic carbocycles. The molecule has 23 heavy (non-hydrogen) atoms. The van der Waals surface area contributed by atoms with Gasteiger partial charge in [-0.05, 0) is 12.8 Å². The number of carbonyl (C=O) groups excluding carboxylic acids is 1. The Balaban J connectivity index is 2.30. The first kappa shape index (κ1) is 17.3. The highest BCUT2D eigenvalue weighted by molar-refractivity contribution is 5.45. The van der Waals surface area contributed by atoms with E-state index in [9.17, 15) is 4.79 Å². The summed E-state index contributed by atoms with van der Waals surface area (Å²) in [6.07, 6.45) is 6.74. The summed E-state index contributed by atoms with van der Waals surface area (Å²) in [6, 6.07) is 20.1. The first-order valence-electron chi connectivity index (χ1n) is 8.56. The fourth-order valence-corrected chi connectivity index (χ4v) is 3.12. The summed E-state index contributed by atoms with van der Waals surface area (Å²) in [7, 11) is 0.